The van der Waals surface area contributed by atoms with Crippen LogP contribution in [0.2, 0.25) is 0 Å². The van der Waals surface area contributed by atoms with E-state index in [-0.39, 0.29) is 17.3 Å². The van der Waals surface area contributed by atoms with Gasteiger partial charge in [0, 0.05) is 10.0 Å². The number of aromatic hydroxyl groups is 1. The number of aromatic nitrogens is 1. The summed E-state index contributed by atoms with van der Waals surface area (Å²) in [7, 11) is 0. The van der Waals surface area contributed by atoms with Gasteiger partial charge < -0.3 is 9.52 Å². The molecule has 4 nitrogen and oxygen atoms in total. The highest BCUT2D eigenvalue weighted by Crippen LogP contribution is 2.23. The number of rotatable bonds is 4. The minimum Gasteiger partial charge on any atom is -0.493 e. The second-order valence-electron chi connectivity index (χ2n) is 4.22. The van der Waals surface area contributed by atoms with Crippen molar-refractivity contribution in [3.05, 3.63) is 44.7 Å². The molecule has 0 aliphatic rings. The molecule has 0 radical (unpaired) electrons. The zero-order valence-electron chi connectivity index (χ0n) is 10.5. The fourth-order valence-corrected chi connectivity index (χ4v) is 2.14. The van der Waals surface area contributed by atoms with Crippen LogP contribution in [0, 0.1) is 0 Å². The van der Waals surface area contributed by atoms with E-state index in [2.05, 4.69) is 20.9 Å². The number of halogens is 1. The Balaban J connectivity index is 2.42. The molecule has 0 aliphatic heterocycles. The van der Waals surface area contributed by atoms with Crippen LogP contribution in [0.1, 0.15) is 25.3 Å². The molecule has 0 saturated carbocycles. The normalized spacial score (nSPS) is 10.6. The van der Waals surface area contributed by atoms with Gasteiger partial charge in [-0.2, -0.15) is 4.98 Å². The zero-order valence-corrected chi connectivity index (χ0v) is 12.1. The number of hydrogen-bond donors (Lipinski definition) is 1. The zero-order chi connectivity index (χ0) is 13.8. The molecular weight excluding hydrogens is 310 g/mol. The summed E-state index contributed by atoms with van der Waals surface area (Å²) in [5.74, 6) is -0.108. The van der Waals surface area contributed by atoms with E-state index in [1.54, 1.807) is 12.1 Å². The van der Waals surface area contributed by atoms with Crippen molar-refractivity contribution in [2.24, 2.45) is 0 Å². The Hall–Kier alpha value is -1.62. The molecule has 0 atom stereocenters. The first kappa shape index (κ1) is 13.8. The summed E-state index contributed by atoms with van der Waals surface area (Å²) in [6.07, 6.45) is 2.24. The summed E-state index contributed by atoms with van der Waals surface area (Å²) in [6, 6.07) is 7.21. The average molecular weight is 324 g/mol. The van der Waals surface area contributed by atoms with E-state index in [1.807, 2.05) is 19.1 Å². The molecule has 19 heavy (non-hydrogen) atoms. The van der Waals surface area contributed by atoms with Gasteiger partial charge in [-0.05, 0) is 31.0 Å². The van der Waals surface area contributed by atoms with E-state index in [0.29, 0.717) is 12.0 Å². The van der Waals surface area contributed by atoms with Crippen LogP contribution < -0.4 is 5.63 Å². The number of benzene rings is 1. The van der Waals surface area contributed by atoms with E-state index < -0.39 is 5.63 Å². The van der Waals surface area contributed by atoms with Crippen LogP contribution in [0.25, 0.3) is 11.5 Å². The van der Waals surface area contributed by atoms with Crippen molar-refractivity contribution in [2.75, 3.05) is 0 Å². The van der Waals surface area contributed by atoms with Crippen molar-refractivity contribution >= 4 is 15.9 Å². The molecule has 100 valence electrons. The molecule has 2 aromatic rings. The number of hydrogen-bond acceptors (Lipinski definition) is 4. The van der Waals surface area contributed by atoms with Gasteiger partial charge in [0.25, 0.3) is 0 Å². The van der Waals surface area contributed by atoms with Gasteiger partial charge >= 0.3 is 5.63 Å². The fraction of sp³-hybridized carbons (Fsp3) is 0.286. The molecule has 1 aromatic heterocycles. The lowest BCUT2D eigenvalue weighted by Gasteiger charge is -2.04. The first-order chi connectivity index (χ1) is 9.11. The lowest BCUT2D eigenvalue weighted by atomic mass is 10.1. The van der Waals surface area contributed by atoms with Crippen molar-refractivity contribution in [3.63, 3.8) is 0 Å². The standard InChI is InChI=1S/C14H14BrNO3/c1-2-3-7-11-12(17)16-13(19-14(11)18)9-5-4-6-10(15)8-9/h4-6,8,17H,2-3,7H2,1H3. The quantitative estimate of drug-likeness (QED) is 0.935. The largest absolute Gasteiger partial charge is 0.493 e. The van der Waals surface area contributed by atoms with E-state index >= 15 is 0 Å². The maximum Gasteiger partial charge on any atom is 0.346 e. The molecule has 0 amide bonds. The average Bonchev–Trinajstić information content (AvgIpc) is 2.37. The van der Waals surface area contributed by atoms with E-state index in [1.165, 1.54) is 0 Å². The van der Waals surface area contributed by atoms with Gasteiger partial charge in [-0.1, -0.05) is 35.3 Å². The number of unbranched alkanes of at least 4 members (excludes halogenated alkanes) is 1. The summed E-state index contributed by atoms with van der Waals surface area (Å²) < 4.78 is 6.03. The van der Waals surface area contributed by atoms with Crippen LogP contribution in [0.5, 0.6) is 5.88 Å². The summed E-state index contributed by atoms with van der Waals surface area (Å²) >= 11 is 3.34. The lowest BCUT2D eigenvalue weighted by molar-refractivity contribution is 0.408. The third kappa shape index (κ3) is 3.23. The molecule has 0 fully saturated rings. The molecule has 0 bridgehead atoms. The second kappa shape index (κ2) is 6.02. The fourth-order valence-electron chi connectivity index (χ4n) is 1.74. The van der Waals surface area contributed by atoms with Crippen LogP contribution in [-0.4, -0.2) is 10.1 Å². The van der Waals surface area contributed by atoms with Gasteiger partial charge in [0.2, 0.25) is 11.8 Å². The molecule has 1 heterocycles. The van der Waals surface area contributed by atoms with Gasteiger partial charge in [0.1, 0.15) is 0 Å². The second-order valence-corrected chi connectivity index (χ2v) is 5.14. The third-order valence-corrected chi connectivity index (χ3v) is 3.26. The molecular formula is C14H14BrNO3. The molecule has 5 heteroatoms. The topological polar surface area (TPSA) is 63.3 Å². The van der Waals surface area contributed by atoms with Crippen LogP contribution in [0.4, 0.5) is 0 Å². The summed E-state index contributed by atoms with van der Waals surface area (Å²) in [5.41, 5.74) is 0.375. The van der Waals surface area contributed by atoms with Crippen molar-refractivity contribution < 1.29 is 9.52 Å². The summed E-state index contributed by atoms with van der Waals surface area (Å²) in [6.45, 7) is 2.02. The predicted molar refractivity (Wildman–Crippen MR) is 76.2 cm³/mol. The molecule has 0 aliphatic carbocycles. The maximum atomic E-state index is 11.8. The minimum atomic E-state index is -0.518. The monoisotopic (exact) mass is 323 g/mol. The summed E-state index contributed by atoms with van der Waals surface area (Å²) in [5, 5.41) is 9.85. The SMILES string of the molecule is CCCCc1c(O)nc(-c2cccc(Br)c2)oc1=O. The van der Waals surface area contributed by atoms with E-state index in [9.17, 15) is 9.90 Å². The van der Waals surface area contributed by atoms with Gasteiger partial charge in [-0.25, -0.2) is 4.79 Å². The van der Waals surface area contributed by atoms with Crippen LogP contribution in [0.3, 0.4) is 0 Å². The predicted octanol–water partition coefficient (Wildman–Crippen LogP) is 3.51. The lowest BCUT2D eigenvalue weighted by Crippen LogP contribution is -2.10. The molecule has 0 unspecified atom stereocenters. The first-order valence-corrected chi connectivity index (χ1v) is 6.90. The Labute approximate surface area is 119 Å². The Bertz CT molecular complexity index is 637. The molecule has 0 spiro atoms. The van der Waals surface area contributed by atoms with Crippen molar-refractivity contribution in [1.29, 1.82) is 0 Å². The highest BCUT2D eigenvalue weighted by atomic mass is 79.9. The molecule has 2 rings (SSSR count). The van der Waals surface area contributed by atoms with Gasteiger partial charge in [-0.3, -0.25) is 0 Å². The number of nitrogens with zero attached hydrogens (tertiary/aromatic N) is 1. The Morgan fingerprint density at radius 3 is 2.84 bits per heavy atom. The van der Waals surface area contributed by atoms with E-state index in [4.69, 9.17) is 4.42 Å². The summed E-state index contributed by atoms with van der Waals surface area (Å²) in [4.78, 5) is 15.8. The van der Waals surface area contributed by atoms with Crippen molar-refractivity contribution in [2.45, 2.75) is 26.2 Å². The molecule has 1 aromatic carbocycles. The van der Waals surface area contributed by atoms with Gasteiger partial charge in [0.05, 0.1) is 5.56 Å². The Kier molecular flexibility index (Phi) is 4.37. The van der Waals surface area contributed by atoms with Crippen molar-refractivity contribution in [3.8, 4) is 17.3 Å². The molecule has 0 saturated heterocycles. The third-order valence-electron chi connectivity index (χ3n) is 2.77. The van der Waals surface area contributed by atoms with Gasteiger partial charge in [-0.15, -0.1) is 0 Å². The van der Waals surface area contributed by atoms with Gasteiger partial charge in [0.15, 0.2) is 0 Å². The smallest absolute Gasteiger partial charge is 0.346 e. The van der Waals surface area contributed by atoms with Crippen LogP contribution in [-0.2, 0) is 6.42 Å². The van der Waals surface area contributed by atoms with Crippen LogP contribution in [0.15, 0.2) is 37.9 Å². The minimum absolute atomic E-state index is 0.129. The Morgan fingerprint density at radius 1 is 1.42 bits per heavy atom. The first-order valence-electron chi connectivity index (χ1n) is 6.10. The highest BCUT2D eigenvalue weighted by Gasteiger charge is 2.13. The van der Waals surface area contributed by atoms with E-state index in [0.717, 1.165) is 17.3 Å². The van der Waals surface area contributed by atoms with Crippen LogP contribution >= 0.6 is 15.9 Å². The highest BCUT2D eigenvalue weighted by molar-refractivity contribution is 9.10. The molecule has 1 N–H and O–H groups in total. The van der Waals surface area contributed by atoms with Crippen molar-refractivity contribution in [1.82, 2.24) is 4.98 Å². The Morgan fingerprint density at radius 2 is 2.21 bits per heavy atom. The maximum absolute atomic E-state index is 11.8.